The van der Waals surface area contributed by atoms with Gasteiger partial charge in [0.05, 0.1) is 18.2 Å². The summed E-state index contributed by atoms with van der Waals surface area (Å²) in [6.45, 7) is 6.09. The van der Waals surface area contributed by atoms with Crippen LogP contribution in [0.3, 0.4) is 0 Å². The maximum Gasteiger partial charge on any atom is 0.407 e. The van der Waals surface area contributed by atoms with Gasteiger partial charge >= 0.3 is 18.0 Å². The molecule has 0 heterocycles. The number of amides is 2. The molecule has 0 spiro atoms. The van der Waals surface area contributed by atoms with Gasteiger partial charge in [-0.3, -0.25) is 14.4 Å². The van der Waals surface area contributed by atoms with Gasteiger partial charge in [-0.1, -0.05) is 15.9 Å². The number of alkyl carbamates (subject to hydrolysis) is 1. The quantitative estimate of drug-likeness (QED) is 0.218. The molecule has 214 valence electrons. The van der Waals surface area contributed by atoms with Gasteiger partial charge in [-0.2, -0.15) is 0 Å². The van der Waals surface area contributed by atoms with E-state index in [2.05, 4.69) is 26.6 Å². The molecule has 0 aromatic carbocycles. The lowest BCUT2D eigenvalue weighted by Gasteiger charge is -2.38. The fourth-order valence-electron chi connectivity index (χ4n) is 4.98. The minimum atomic E-state index is -0.841. The molecule has 2 rings (SSSR count). The highest BCUT2D eigenvalue weighted by Gasteiger charge is 2.38. The van der Waals surface area contributed by atoms with Crippen molar-refractivity contribution in [2.24, 2.45) is 22.3 Å². The van der Waals surface area contributed by atoms with E-state index in [1.807, 2.05) is 0 Å². The van der Waals surface area contributed by atoms with Crippen molar-refractivity contribution < 1.29 is 34.1 Å². The lowest BCUT2D eigenvalue weighted by atomic mass is 9.70. The van der Waals surface area contributed by atoms with E-state index in [1.54, 1.807) is 20.8 Å². The van der Waals surface area contributed by atoms with Gasteiger partial charge in [0, 0.05) is 18.6 Å². The molecule has 0 atom stereocenters. The van der Waals surface area contributed by atoms with Gasteiger partial charge in [0.2, 0.25) is 5.91 Å². The molecule has 2 fully saturated rings. The van der Waals surface area contributed by atoms with Crippen LogP contribution >= 0.6 is 15.9 Å². The lowest BCUT2D eigenvalue weighted by molar-refractivity contribution is -0.141. The second-order valence-corrected chi connectivity index (χ2v) is 12.1. The topological polar surface area (TPSA) is 194 Å². The Bertz CT molecular complexity index is 771. The first-order valence-corrected chi connectivity index (χ1v) is 14.0. The van der Waals surface area contributed by atoms with Crippen LogP contribution < -0.4 is 22.1 Å². The zero-order valence-electron chi connectivity index (χ0n) is 22.3. The molecular formula is C25H45BrN4O7. The Hall–Kier alpha value is -1.92. The predicted molar refractivity (Wildman–Crippen MR) is 143 cm³/mol. The van der Waals surface area contributed by atoms with Crippen molar-refractivity contribution in [2.45, 2.75) is 103 Å². The first-order chi connectivity index (χ1) is 17.1. The smallest absolute Gasteiger partial charge is 0.407 e. The maximum absolute atomic E-state index is 11.7. The molecule has 11 nitrogen and oxygen atoms in total. The van der Waals surface area contributed by atoms with Crippen molar-refractivity contribution in [2.75, 3.05) is 18.4 Å². The second kappa shape index (κ2) is 14.9. The van der Waals surface area contributed by atoms with Gasteiger partial charge < -0.3 is 37.1 Å². The van der Waals surface area contributed by atoms with Crippen LogP contribution in [-0.4, -0.2) is 70.3 Å². The van der Waals surface area contributed by atoms with Crippen LogP contribution in [0.2, 0.25) is 0 Å². The average molecular weight is 594 g/mol. The Labute approximate surface area is 227 Å². The van der Waals surface area contributed by atoms with Crippen molar-refractivity contribution in [1.82, 2.24) is 10.6 Å². The van der Waals surface area contributed by atoms with E-state index in [9.17, 15) is 19.2 Å². The second-order valence-electron chi connectivity index (χ2n) is 11.5. The van der Waals surface area contributed by atoms with Crippen molar-refractivity contribution >= 4 is 39.9 Å². The molecule has 2 aliphatic rings. The Morgan fingerprint density at radius 1 is 0.946 bits per heavy atom. The molecule has 0 aromatic heterocycles. The Kier molecular flexibility index (Phi) is 13.3. The maximum atomic E-state index is 11.7. The number of hydrogen-bond acceptors (Lipinski definition) is 7. The number of rotatable bonds is 9. The summed E-state index contributed by atoms with van der Waals surface area (Å²) in [5.41, 5.74) is 10.3. The number of alkyl halides is 1. The fraction of sp³-hybridized carbons (Fsp3) is 0.840. The van der Waals surface area contributed by atoms with Crippen LogP contribution in [0.5, 0.6) is 0 Å². The number of hydrogen-bond donors (Lipinski definition) is 6. The number of aliphatic carboxylic acids is 2. The van der Waals surface area contributed by atoms with Crippen LogP contribution in [0.4, 0.5) is 4.79 Å². The van der Waals surface area contributed by atoms with Crippen LogP contribution in [-0.2, 0) is 19.1 Å². The lowest BCUT2D eigenvalue weighted by Crippen LogP contribution is -2.44. The molecule has 37 heavy (non-hydrogen) atoms. The Morgan fingerprint density at radius 3 is 1.86 bits per heavy atom. The normalized spacial score (nSPS) is 27.7. The summed E-state index contributed by atoms with van der Waals surface area (Å²) in [6.07, 6.45) is 5.85. The summed E-state index contributed by atoms with van der Waals surface area (Å²) < 4.78 is 5.18. The molecule has 2 amide bonds. The van der Waals surface area contributed by atoms with Crippen molar-refractivity contribution in [3.63, 3.8) is 0 Å². The van der Waals surface area contributed by atoms with E-state index < -0.39 is 29.0 Å². The molecule has 0 radical (unpaired) electrons. The third-order valence-corrected chi connectivity index (χ3v) is 7.63. The standard InChI is InChI=1S/C14H26N2O4.C11H19BrN2O3/c1-13(2,3)20-12(19)16-9-14(8-11(17)18)6-4-10(15)5-7-14;12-6-9(15)14-8-1-3-11(7-13,4-2-8)5-10(16)17/h10H,4-9,15H2,1-3H3,(H,16,19)(H,17,18);8H,1-7,13H2,(H,14,15)(H,16,17). The summed E-state index contributed by atoms with van der Waals surface area (Å²) in [5.74, 6) is -1.65. The first kappa shape index (κ1) is 33.1. The van der Waals surface area contributed by atoms with Crippen LogP contribution in [0.25, 0.3) is 0 Å². The van der Waals surface area contributed by atoms with Gasteiger partial charge in [0.25, 0.3) is 0 Å². The molecule has 8 N–H and O–H groups in total. The van der Waals surface area contributed by atoms with Crippen molar-refractivity contribution in [3.05, 3.63) is 0 Å². The van der Waals surface area contributed by atoms with E-state index in [0.29, 0.717) is 18.4 Å². The van der Waals surface area contributed by atoms with Crippen molar-refractivity contribution in [3.8, 4) is 0 Å². The van der Waals surface area contributed by atoms with E-state index in [-0.39, 0.29) is 36.2 Å². The molecule has 0 unspecified atom stereocenters. The van der Waals surface area contributed by atoms with Gasteiger partial charge in [0.15, 0.2) is 0 Å². The summed E-state index contributed by atoms with van der Waals surface area (Å²) in [7, 11) is 0. The van der Waals surface area contributed by atoms with Gasteiger partial charge in [0.1, 0.15) is 5.60 Å². The van der Waals surface area contributed by atoms with Crippen LogP contribution in [0.15, 0.2) is 0 Å². The zero-order valence-corrected chi connectivity index (χ0v) is 23.9. The van der Waals surface area contributed by atoms with E-state index in [1.165, 1.54) is 0 Å². The van der Waals surface area contributed by atoms with Gasteiger partial charge in [-0.25, -0.2) is 4.79 Å². The summed E-state index contributed by atoms with van der Waals surface area (Å²) in [6, 6.07) is 0.298. The zero-order chi connectivity index (χ0) is 28.3. The number of carboxylic acid groups (broad SMARTS) is 2. The minimum absolute atomic E-state index is 0.0199. The average Bonchev–Trinajstić information content (AvgIpc) is 2.79. The number of carbonyl (C=O) groups excluding carboxylic acids is 2. The first-order valence-electron chi connectivity index (χ1n) is 12.8. The van der Waals surface area contributed by atoms with Crippen LogP contribution in [0.1, 0.15) is 85.0 Å². The number of nitrogens with one attached hydrogen (secondary N) is 2. The number of halogens is 1. The molecule has 2 saturated carbocycles. The summed E-state index contributed by atoms with van der Waals surface area (Å²) >= 11 is 3.10. The molecule has 0 bridgehead atoms. The summed E-state index contributed by atoms with van der Waals surface area (Å²) in [5, 5.41) is 23.9. The minimum Gasteiger partial charge on any atom is -0.481 e. The van der Waals surface area contributed by atoms with E-state index >= 15 is 0 Å². The molecular weight excluding hydrogens is 548 g/mol. The Balaban J connectivity index is 0.000000375. The largest absolute Gasteiger partial charge is 0.481 e. The highest BCUT2D eigenvalue weighted by Crippen LogP contribution is 2.39. The highest BCUT2D eigenvalue weighted by atomic mass is 79.9. The molecule has 2 aliphatic carbocycles. The van der Waals surface area contributed by atoms with Crippen LogP contribution in [0, 0.1) is 10.8 Å². The number of nitrogens with two attached hydrogens (primary N) is 2. The van der Waals surface area contributed by atoms with E-state index in [4.69, 9.17) is 26.4 Å². The van der Waals surface area contributed by atoms with Gasteiger partial charge in [-0.05, 0) is 89.5 Å². The Morgan fingerprint density at radius 2 is 1.43 bits per heavy atom. The molecule has 0 aliphatic heterocycles. The third kappa shape index (κ3) is 12.9. The monoisotopic (exact) mass is 592 g/mol. The number of ether oxygens (including phenoxy) is 1. The van der Waals surface area contributed by atoms with E-state index in [0.717, 1.165) is 51.4 Å². The number of carboxylic acids is 2. The highest BCUT2D eigenvalue weighted by molar-refractivity contribution is 9.09. The molecule has 0 aromatic rings. The van der Waals surface area contributed by atoms with Crippen molar-refractivity contribution in [1.29, 1.82) is 0 Å². The fourth-order valence-corrected chi connectivity index (χ4v) is 5.14. The molecule has 12 heteroatoms. The number of carbonyl (C=O) groups is 4. The third-order valence-electron chi connectivity index (χ3n) is 7.12. The summed E-state index contributed by atoms with van der Waals surface area (Å²) in [4.78, 5) is 44.8. The van der Waals surface area contributed by atoms with Gasteiger partial charge in [-0.15, -0.1) is 0 Å². The SMILES string of the molecule is CC(C)(C)OC(=O)NCC1(CC(=O)O)CCC(N)CC1.NCC1(CC(=O)O)CCC(NC(=O)CBr)CC1. The predicted octanol–water partition coefficient (Wildman–Crippen LogP) is 2.73. The molecule has 0 saturated heterocycles.